The molecule has 1 aromatic rings. The topological polar surface area (TPSA) is 54.9 Å². The summed E-state index contributed by atoms with van der Waals surface area (Å²) in [6.45, 7) is 12.4. The van der Waals surface area contributed by atoms with Crippen LogP contribution in [0.3, 0.4) is 0 Å². The lowest BCUT2D eigenvalue weighted by molar-refractivity contribution is 0.0240. The molecule has 1 fully saturated rings. The molecule has 128 valence electrons. The number of ether oxygens (including phenoxy) is 2. The third kappa shape index (κ3) is 5.30. The van der Waals surface area contributed by atoms with Gasteiger partial charge in [-0.05, 0) is 40.7 Å². The van der Waals surface area contributed by atoms with E-state index in [1.807, 2.05) is 52.9 Å². The molecule has 1 aromatic heterocycles. The molecule has 2 heterocycles. The van der Waals surface area contributed by atoms with Crippen molar-refractivity contribution in [1.82, 2.24) is 9.88 Å². The summed E-state index contributed by atoms with van der Waals surface area (Å²) in [4.78, 5) is 20.4. The number of pyridine rings is 1. The lowest BCUT2D eigenvalue weighted by atomic mass is 10.2. The number of hydrogen-bond donors (Lipinski definition) is 0. The van der Waals surface area contributed by atoms with Crippen molar-refractivity contribution in [2.45, 2.75) is 46.3 Å². The molecule has 0 atom stereocenters. The first kappa shape index (κ1) is 17.4. The Morgan fingerprint density at radius 3 is 2.30 bits per heavy atom. The van der Waals surface area contributed by atoms with Crippen molar-refractivity contribution in [3.8, 4) is 5.88 Å². The zero-order chi connectivity index (χ0) is 17.0. The van der Waals surface area contributed by atoms with Crippen LogP contribution in [-0.2, 0) is 4.74 Å². The quantitative estimate of drug-likeness (QED) is 0.857. The van der Waals surface area contributed by atoms with E-state index in [-0.39, 0.29) is 12.2 Å². The Bertz CT molecular complexity index is 515. The molecule has 1 saturated heterocycles. The summed E-state index contributed by atoms with van der Waals surface area (Å²) in [5.41, 5.74) is 0.592. The normalized spacial score (nSPS) is 15.7. The predicted octanol–water partition coefficient (Wildman–Crippen LogP) is 2.93. The molecule has 0 saturated carbocycles. The molecular formula is C17H27N3O3. The standard InChI is InChI=1S/C17H27N3O3/c1-13(2)22-15-7-6-14(12-18-15)19-8-10-20(11-9-19)16(21)23-17(3,4)5/h6-7,12-13H,8-11H2,1-5H3. The van der Waals surface area contributed by atoms with Crippen molar-refractivity contribution >= 4 is 11.8 Å². The molecule has 2 rings (SSSR count). The van der Waals surface area contributed by atoms with Gasteiger partial charge in [0.05, 0.1) is 18.0 Å². The molecule has 6 heteroatoms. The summed E-state index contributed by atoms with van der Waals surface area (Å²) in [6.07, 6.45) is 1.70. The van der Waals surface area contributed by atoms with Crippen LogP contribution in [0.25, 0.3) is 0 Å². The highest BCUT2D eigenvalue weighted by atomic mass is 16.6. The highest BCUT2D eigenvalue weighted by Crippen LogP contribution is 2.19. The Hall–Kier alpha value is -1.98. The molecule has 1 amide bonds. The van der Waals surface area contributed by atoms with Crippen molar-refractivity contribution in [3.63, 3.8) is 0 Å². The lowest BCUT2D eigenvalue weighted by Crippen LogP contribution is -2.50. The van der Waals surface area contributed by atoms with Gasteiger partial charge in [-0.25, -0.2) is 9.78 Å². The second-order valence-corrected chi connectivity index (χ2v) is 6.98. The van der Waals surface area contributed by atoms with Crippen molar-refractivity contribution in [1.29, 1.82) is 0 Å². The second-order valence-electron chi connectivity index (χ2n) is 6.98. The molecule has 0 spiro atoms. The Labute approximate surface area is 138 Å². The van der Waals surface area contributed by atoms with Gasteiger partial charge in [-0.1, -0.05) is 0 Å². The first-order valence-corrected chi connectivity index (χ1v) is 8.10. The van der Waals surface area contributed by atoms with Crippen LogP contribution in [0.5, 0.6) is 5.88 Å². The SMILES string of the molecule is CC(C)Oc1ccc(N2CCN(C(=O)OC(C)(C)C)CC2)cn1. The van der Waals surface area contributed by atoms with Crippen molar-refractivity contribution in [2.24, 2.45) is 0 Å². The Kier molecular flexibility index (Phi) is 5.34. The van der Waals surface area contributed by atoms with Gasteiger partial charge < -0.3 is 19.3 Å². The van der Waals surface area contributed by atoms with Gasteiger partial charge in [0.1, 0.15) is 5.60 Å². The average Bonchev–Trinajstić information content (AvgIpc) is 2.46. The fourth-order valence-corrected chi connectivity index (χ4v) is 2.34. The minimum Gasteiger partial charge on any atom is -0.475 e. The van der Waals surface area contributed by atoms with Crippen LogP contribution in [0.4, 0.5) is 10.5 Å². The number of piperazine rings is 1. The summed E-state index contributed by atoms with van der Waals surface area (Å²) in [5, 5.41) is 0. The zero-order valence-corrected chi connectivity index (χ0v) is 14.7. The molecule has 0 aromatic carbocycles. The molecule has 0 N–H and O–H groups in total. The second kappa shape index (κ2) is 7.06. The van der Waals surface area contributed by atoms with E-state index in [1.54, 1.807) is 4.90 Å². The van der Waals surface area contributed by atoms with E-state index in [2.05, 4.69) is 9.88 Å². The number of amides is 1. The lowest BCUT2D eigenvalue weighted by Gasteiger charge is -2.36. The van der Waals surface area contributed by atoms with Crippen LogP contribution in [0, 0.1) is 0 Å². The third-order valence-electron chi connectivity index (χ3n) is 3.37. The summed E-state index contributed by atoms with van der Waals surface area (Å²) < 4.78 is 11.0. The molecule has 0 radical (unpaired) electrons. The van der Waals surface area contributed by atoms with Crippen molar-refractivity contribution in [2.75, 3.05) is 31.1 Å². The van der Waals surface area contributed by atoms with E-state index in [0.29, 0.717) is 19.0 Å². The summed E-state index contributed by atoms with van der Waals surface area (Å²) in [5.74, 6) is 0.635. The molecule has 0 unspecified atom stereocenters. The van der Waals surface area contributed by atoms with Crippen LogP contribution >= 0.6 is 0 Å². The minimum absolute atomic E-state index is 0.116. The first-order chi connectivity index (χ1) is 10.7. The number of rotatable bonds is 3. The molecular weight excluding hydrogens is 294 g/mol. The Balaban J connectivity index is 1.88. The van der Waals surface area contributed by atoms with Gasteiger partial charge in [-0.2, -0.15) is 0 Å². The van der Waals surface area contributed by atoms with Crippen LogP contribution in [0.2, 0.25) is 0 Å². The van der Waals surface area contributed by atoms with Crippen molar-refractivity contribution in [3.05, 3.63) is 18.3 Å². The van der Waals surface area contributed by atoms with E-state index in [4.69, 9.17) is 9.47 Å². The zero-order valence-electron chi connectivity index (χ0n) is 14.7. The molecule has 0 aliphatic carbocycles. The maximum Gasteiger partial charge on any atom is 0.410 e. The van der Waals surface area contributed by atoms with Gasteiger partial charge in [0, 0.05) is 32.2 Å². The van der Waals surface area contributed by atoms with Gasteiger partial charge in [0.25, 0.3) is 0 Å². The monoisotopic (exact) mass is 321 g/mol. The summed E-state index contributed by atoms with van der Waals surface area (Å²) >= 11 is 0. The smallest absolute Gasteiger partial charge is 0.410 e. The number of hydrogen-bond acceptors (Lipinski definition) is 5. The highest BCUT2D eigenvalue weighted by molar-refractivity contribution is 5.68. The molecule has 23 heavy (non-hydrogen) atoms. The highest BCUT2D eigenvalue weighted by Gasteiger charge is 2.26. The number of anilines is 1. The van der Waals surface area contributed by atoms with Crippen LogP contribution in [-0.4, -0.2) is 53.9 Å². The molecule has 1 aliphatic rings. The number of carbonyl (C=O) groups is 1. The Morgan fingerprint density at radius 2 is 1.83 bits per heavy atom. The van der Waals surface area contributed by atoms with E-state index in [1.165, 1.54) is 0 Å². The minimum atomic E-state index is -0.454. The van der Waals surface area contributed by atoms with E-state index < -0.39 is 5.60 Å². The van der Waals surface area contributed by atoms with Gasteiger partial charge in [-0.15, -0.1) is 0 Å². The summed E-state index contributed by atoms with van der Waals surface area (Å²) in [6, 6.07) is 3.89. The predicted molar refractivity (Wildman–Crippen MR) is 90.0 cm³/mol. The molecule has 6 nitrogen and oxygen atoms in total. The number of carbonyl (C=O) groups excluding carboxylic acids is 1. The van der Waals surface area contributed by atoms with Gasteiger partial charge in [0.15, 0.2) is 0 Å². The fraction of sp³-hybridized carbons (Fsp3) is 0.647. The largest absolute Gasteiger partial charge is 0.475 e. The average molecular weight is 321 g/mol. The first-order valence-electron chi connectivity index (χ1n) is 8.10. The van der Waals surface area contributed by atoms with Gasteiger partial charge in [-0.3, -0.25) is 0 Å². The van der Waals surface area contributed by atoms with Crippen molar-refractivity contribution < 1.29 is 14.3 Å². The van der Waals surface area contributed by atoms with Crippen LogP contribution in [0.15, 0.2) is 18.3 Å². The summed E-state index contributed by atoms with van der Waals surface area (Å²) in [7, 11) is 0. The van der Waals surface area contributed by atoms with E-state index in [0.717, 1.165) is 18.8 Å². The van der Waals surface area contributed by atoms with Crippen LogP contribution < -0.4 is 9.64 Å². The molecule has 1 aliphatic heterocycles. The van der Waals surface area contributed by atoms with Gasteiger partial charge >= 0.3 is 6.09 Å². The van der Waals surface area contributed by atoms with E-state index >= 15 is 0 Å². The maximum absolute atomic E-state index is 12.1. The molecule has 0 bridgehead atoms. The number of nitrogens with zero attached hydrogens (tertiary/aromatic N) is 3. The Morgan fingerprint density at radius 1 is 1.17 bits per heavy atom. The number of aromatic nitrogens is 1. The fourth-order valence-electron chi connectivity index (χ4n) is 2.34. The van der Waals surface area contributed by atoms with Gasteiger partial charge in [0.2, 0.25) is 5.88 Å². The van der Waals surface area contributed by atoms with E-state index in [9.17, 15) is 4.79 Å². The third-order valence-corrected chi connectivity index (χ3v) is 3.37. The maximum atomic E-state index is 12.1. The van der Waals surface area contributed by atoms with Crippen LogP contribution in [0.1, 0.15) is 34.6 Å².